The summed E-state index contributed by atoms with van der Waals surface area (Å²) in [6.45, 7) is 4.21. The lowest BCUT2D eigenvalue weighted by Crippen LogP contribution is -2.30. The molecule has 1 aromatic carbocycles. The molecule has 0 amide bonds. The molecule has 0 spiro atoms. The van der Waals surface area contributed by atoms with Gasteiger partial charge in [-0.2, -0.15) is 0 Å². The molecule has 0 saturated carbocycles. The molecule has 0 radical (unpaired) electrons. The second-order valence-corrected chi connectivity index (χ2v) is 4.61. The lowest BCUT2D eigenvalue weighted by atomic mass is 10.1. The normalized spacial score (nSPS) is 11.0. The third kappa shape index (κ3) is 4.13. The highest BCUT2D eigenvalue weighted by Gasteiger charge is 2.19. The minimum absolute atomic E-state index is 0.372. The predicted molar refractivity (Wildman–Crippen MR) is 70.9 cm³/mol. The van der Waals surface area contributed by atoms with Crippen LogP contribution in [0.1, 0.15) is 24.2 Å². The van der Waals surface area contributed by atoms with E-state index in [2.05, 4.69) is 4.74 Å². The molecule has 0 aromatic heterocycles. The minimum Gasteiger partial charge on any atom is -0.493 e. The number of hydrogen-bond acceptors (Lipinski definition) is 5. The number of carbonyl (C=O) groups is 1. The Labute approximate surface area is 113 Å². The maximum atomic E-state index is 11.4. The number of carbonyl (C=O) groups excluding carboxylic acids is 1. The first-order valence-corrected chi connectivity index (χ1v) is 5.88. The molecule has 5 nitrogen and oxygen atoms in total. The summed E-state index contributed by atoms with van der Waals surface area (Å²) < 4.78 is 20.8. The first kappa shape index (κ1) is 15.3. The highest BCUT2D eigenvalue weighted by atomic mass is 16.5. The van der Waals surface area contributed by atoms with Crippen LogP contribution in [0.2, 0.25) is 0 Å². The second-order valence-electron chi connectivity index (χ2n) is 4.61. The van der Waals surface area contributed by atoms with Gasteiger partial charge in [0.1, 0.15) is 6.61 Å². The zero-order valence-electron chi connectivity index (χ0n) is 12.0. The average molecular weight is 268 g/mol. The van der Waals surface area contributed by atoms with E-state index in [1.54, 1.807) is 25.3 Å². The number of methoxy groups -OCH3 is 3. The Bertz CT molecular complexity index is 439. The largest absolute Gasteiger partial charge is 0.493 e. The van der Waals surface area contributed by atoms with E-state index < -0.39 is 11.6 Å². The third-order valence-electron chi connectivity index (χ3n) is 2.71. The van der Waals surface area contributed by atoms with E-state index in [1.165, 1.54) is 14.2 Å². The number of benzene rings is 1. The first-order valence-electron chi connectivity index (χ1n) is 5.88. The summed E-state index contributed by atoms with van der Waals surface area (Å²) in [7, 11) is 4.48. The molecule has 1 aromatic rings. The van der Waals surface area contributed by atoms with Crippen molar-refractivity contribution >= 4 is 5.97 Å². The molecular formula is C14H20O5. The van der Waals surface area contributed by atoms with E-state index in [0.717, 1.165) is 0 Å². The summed E-state index contributed by atoms with van der Waals surface area (Å²) in [5.74, 6) is 0.622. The Hall–Kier alpha value is -1.75. The summed E-state index contributed by atoms with van der Waals surface area (Å²) in [5.41, 5.74) is 0.0177. The fraction of sp³-hybridized carbons (Fsp3) is 0.500. The van der Waals surface area contributed by atoms with Crippen molar-refractivity contribution in [1.82, 2.24) is 0 Å². The van der Waals surface area contributed by atoms with Gasteiger partial charge in [-0.3, -0.25) is 0 Å². The van der Waals surface area contributed by atoms with Crippen LogP contribution in [0.4, 0.5) is 0 Å². The van der Waals surface area contributed by atoms with Crippen molar-refractivity contribution in [2.75, 3.05) is 27.9 Å². The highest BCUT2D eigenvalue weighted by molar-refractivity contribution is 5.90. The molecule has 0 bridgehead atoms. The van der Waals surface area contributed by atoms with Crippen molar-refractivity contribution in [3.05, 3.63) is 23.8 Å². The van der Waals surface area contributed by atoms with E-state index in [9.17, 15) is 4.79 Å². The molecule has 19 heavy (non-hydrogen) atoms. The average Bonchev–Trinajstić information content (AvgIpc) is 2.44. The van der Waals surface area contributed by atoms with E-state index >= 15 is 0 Å². The SMILES string of the molecule is COC(=O)c1ccc(OCC(C)(C)OC)c(OC)c1. The Morgan fingerprint density at radius 1 is 1.16 bits per heavy atom. The quantitative estimate of drug-likeness (QED) is 0.741. The van der Waals surface area contributed by atoms with Crippen LogP contribution < -0.4 is 9.47 Å². The topological polar surface area (TPSA) is 54.0 Å². The van der Waals surface area contributed by atoms with Crippen LogP contribution in [-0.2, 0) is 9.47 Å². The van der Waals surface area contributed by atoms with Gasteiger partial charge in [-0.1, -0.05) is 0 Å². The molecular weight excluding hydrogens is 248 g/mol. The van der Waals surface area contributed by atoms with Gasteiger partial charge in [0.05, 0.1) is 25.4 Å². The van der Waals surface area contributed by atoms with Gasteiger partial charge in [0.25, 0.3) is 0 Å². The third-order valence-corrected chi connectivity index (χ3v) is 2.71. The molecule has 106 valence electrons. The lowest BCUT2D eigenvalue weighted by Gasteiger charge is -2.23. The zero-order chi connectivity index (χ0) is 14.5. The Morgan fingerprint density at radius 3 is 2.37 bits per heavy atom. The maximum Gasteiger partial charge on any atom is 0.337 e. The van der Waals surface area contributed by atoms with Gasteiger partial charge in [-0.25, -0.2) is 4.79 Å². The molecule has 1 rings (SSSR count). The molecule has 0 aliphatic rings. The summed E-state index contributed by atoms with van der Waals surface area (Å²) in [6, 6.07) is 4.89. The van der Waals surface area contributed by atoms with Gasteiger partial charge in [0.15, 0.2) is 11.5 Å². The van der Waals surface area contributed by atoms with Gasteiger partial charge in [-0.05, 0) is 32.0 Å². The van der Waals surface area contributed by atoms with Crippen LogP contribution >= 0.6 is 0 Å². The van der Waals surface area contributed by atoms with Crippen LogP contribution in [0.15, 0.2) is 18.2 Å². The zero-order valence-corrected chi connectivity index (χ0v) is 12.0. The lowest BCUT2D eigenvalue weighted by molar-refractivity contribution is -0.0152. The number of hydrogen-bond donors (Lipinski definition) is 0. The molecule has 0 atom stereocenters. The minimum atomic E-state index is -0.415. The van der Waals surface area contributed by atoms with Crippen LogP contribution in [0.25, 0.3) is 0 Å². The van der Waals surface area contributed by atoms with E-state index in [1.807, 2.05) is 13.8 Å². The van der Waals surface area contributed by atoms with Crippen molar-refractivity contribution in [3.8, 4) is 11.5 Å². The van der Waals surface area contributed by atoms with Crippen LogP contribution in [0.3, 0.4) is 0 Å². The Kier molecular flexibility index (Phi) is 5.18. The monoisotopic (exact) mass is 268 g/mol. The summed E-state index contributed by atoms with van der Waals surface area (Å²) in [4.78, 5) is 11.4. The van der Waals surface area contributed by atoms with Crippen molar-refractivity contribution in [2.24, 2.45) is 0 Å². The van der Waals surface area contributed by atoms with Crippen molar-refractivity contribution in [3.63, 3.8) is 0 Å². The van der Waals surface area contributed by atoms with Crippen LogP contribution in [-0.4, -0.2) is 39.5 Å². The molecule has 0 heterocycles. The van der Waals surface area contributed by atoms with E-state index in [-0.39, 0.29) is 0 Å². The fourth-order valence-corrected chi connectivity index (χ4v) is 1.34. The van der Waals surface area contributed by atoms with Crippen molar-refractivity contribution in [1.29, 1.82) is 0 Å². The molecule has 0 unspecified atom stereocenters. The van der Waals surface area contributed by atoms with Gasteiger partial charge in [0.2, 0.25) is 0 Å². The van der Waals surface area contributed by atoms with Crippen LogP contribution in [0.5, 0.6) is 11.5 Å². The number of rotatable bonds is 6. The summed E-state index contributed by atoms with van der Waals surface area (Å²) >= 11 is 0. The molecule has 0 fully saturated rings. The molecule has 5 heteroatoms. The number of esters is 1. The molecule has 0 saturated heterocycles. The van der Waals surface area contributed by atoms with E-state index in [4.69, 9.17) is 14.2 Å². The standard InChI is InChI=1S/C14H20O5/c1-14(2,18-5)9-19-11-7-6-10(13(15)17-4)8-12(11)16-3/h6-8H,9H2,1-5H3. The summed E-state index contributed by atoms with van der Waals surface area (Å²) in [5, 5.41) is 0. The van der Waals surface area contributed by atoms with Crippen LogP contribution in [0, 0.1) is 0 Å². The summed E-state index contributed by atoms with van der Waals surface area (Å²) in [6.07, 6.45) is 0. The van der Waals surface area contributed by atoms with E-state index in [0.29, 0.717) is 23.7 Å². The molecule has 0 aliphatic carbocycles. The maximum absolute atomic E-state index is 11.4. The van der Waals surface area contributed by atoms with Gasteiger partial charge >= 0.3 is 5.97 Å². The fourth-order valence-electron chi connectivity index (χ4n) is 1.34. The van der Waals surface area contributed by atoms with Crippen molar-refractivity contribution in [2.45, 2.75) is 19.4 Å². The van der Waals surface area contributed by atoms with Gasteiger partial charge in [-0.15, -0.1) is 0 Å². The number of ether oxygens (including phenoxy) is 4. The first-order chi connectivity index (χ1) is 8.93. The van der Waals surface area contributed by atoms with Gasteiger partial charge < -0.3 is 18.9 Å². The highest BCUT2D eigenvalue weighted by Crippen LogP contribution is 2.29. The Morgan fingerprint density at radius 2 is 1.84 bits per heavy atom. The smallest absolute Gasteiger partial charge is 0.337 e. The molecule has 0 N–H and O–H groups in total. The Balaban J connectivity index is 2.88. The predicted octanol–water partition coefficient (Wildman–Crippen LogP) is 2.29. The molecule has 0 aliphatic heterocycles. The van der Waals surface area contributed by atoms with Crippen molar-refractivity contribution < 1.29 is 23.7 Å². The van der Waals surface area contributed by atoms with Gasteiger partial charge in [0, 0.05) is 7.11 Å². The second kappa shape index (κ2) is 6.43.